The zero-order chi connectivity index (χ0) is 11.8. The van der Waals surface area contributed by atoms with Gasteiger partial charge in [0.05, 0.1) is 6.20 Å². The van der Waals surface area contributed by atoms with Crippen molar-refractivity contribution >= 4 is 21.4 Å². The Bertz CT molecular complexity index is 728. The monoisotopic (exact) mass is 289 g/mol. The summed E-state index contributed by atoms with van der Waals surface area (Å²) in [5.41, 5.74) is 1.07. The molecule has 2 heterocycles. The maximum atomic E-state index is 11.8. The van der Waals surface area contributed by atoms with E-state index in [4.69, 9.17) is 4.42 Å². The molecule has 0 fully saturated rings. The van der Waals surface area contributed by atoms with Crippen molar-refractivity contribution in [1.29, 1.82) is 0 Å². The van der Waals surface area contributed by atoms with E-state index in [0.717, 1.165) is 10.0 Å². The van der Waals surface area contributed by atoms with E-state index in [1.54, 1.807) is 16.7 Å². The second-order valence-electron chi connectivity index (χ2n) is 3.70. The molecule has 0 aliphatic rings. The molecule has 0 spiro atoms. The molecule has 0 aliphatic heterocycles. The van der Waals surface area contributed by atoms with Gasteiger partial charge in [0, 0.05) is 16.2 Å². The van der Waals surface area contributed by atoms with E-state index in [9.17, 15) is 4.79 Å². The van der Waals surface area contributed by atoms with Gasteiger partial charge in [-0.05, 0) is 22.0 Å². The van der Waals surface area contributed by atoms with Crippen molar-refractivity contribution in [1.82, 2.24) is 4.40 Å². The number of hydrogen-bond donors (Lipinski definition) is 0. The third-order valence-corrected chi connectivity index (χ3v) is 2.98. The average molecular weight is 290 g/mol. The van der Waals surface area contributed by atoms with Crippen LogP contribution in [0.15, 0.2) is 62.5 Å². The van der Waals surface area contributed by atoms with Crippen LogP contribution in [0.5, 0.6) is 0 Å². The Kier molecular flexibility index (Phi) is 2.37. The first-order valence-corrected chi connectivity index (χ1v) is 5.90. The van der Waals surface area contributed by atoms with Crippen LogP contribution < -0.4 is 5.63 Å². The number of rotatable bonds is 1. The minimum absolute atomic E-state index is 0.336. The summed E-state index contributed by atoms with van der Waals surface area (Å²) in [5, 5.41) is 0. The van der Waals surface area contributed by atoms with Gasteiger partial charge >= 0.3 is 5.63 Å². The lowest BCUT2D eigenvalue weighted by Crippen LogP contribution is -2.03. The Morgan fingerprint density at radius 3 is 2.65 bits per heavy atom. The van der Waals surface area contributed by atoms with Gasteiger partial charge < -0.3 is 8.82 Å². The van der Waals surface area contributed by atoms with E-state index in [0.29, 0.717) is 11.3 Å². The lowest BCUT2D eigenvalue weighted by Gasteiger charge is -2.00. The Balaban J connectivity index is 2.29. The summed E-state index contributed by atoms with van der Waals surface area (Å²) in [7, 11) is 0. The maximum absolute atomic E-state index is 11.8. The van der Waals surface area contributed by atoms with Crippen molar-refractivity contribution in [2.24, 2.45) is 0 Å². The van der Waals surface area contributed by atoms with E-state index in [1.807, 2.05) is 36.5 Å². The quantitative estimate of drug-likeness (QED) is 0.689. The highest BCUT2D eigenvalue weighted by molar-refractivity contribution is 9.10. The van der Waals surface area contributed by atoms with Crippen molar-refractivity contribution in [3.8, 4) is 11.3 Å². The van der Waals surface area contributed by atoms with Gasteiger partial charge in [-0.2, -0.15) is 0 Å². The normalized spacial score (nSPS) is 10.9. The summed E-state index contributed by atoms with van der Waals surface area (Å²) in [6.45, 7) is 0. The van der Waals surface area contributed by atoms with Gasteiger partial charge in [0.15, 0.2) is 5.76 Å². The summed E-state index contributed by atoms with van der Waals surface area (Å²) in [6.07, 6.45) is 3.63. The summed E-state index contributed by atoms with van der Waals surface area (Å²) in [4.78, 5) is 11.8. The van der Waals surface area contributed by atoms with Crippen molar-refractivity contribution in [2.45, 2.75) is 0 Å². The molecule has 0 unspecified atom stereocenters. The van der Waals surface area contributed by atoms with Crippen LogP contribution in [0.1, 0.15) is 0 Å². The van der Waals surface area contributed by atoms with E-state index in [1.165, 1.54) is 0 Å². The summed E-state index contributed by atoms with van der Waals surface area (Å²) in [6, 6.07) is 11.3. The van der Waals surface area contributed by atoms with E-state index < -0.39 is 0 Å². The number of fused-ring (bicyclic) bond motifs is 1. The first kappa shape index (κ1) is 10.4. The molecule has 0 amide bonds. The van der Waals surface area contributed by atoms with Crippen molar-refractivity contribution in [3.63, 3.8) is 0 Å². The molecule has 84 valence electrons. The van der Waals surface area contributed by atoms with Gasteiger partial charge in [0.25, 0.3) is 0 Å². The van der Waals surface area contributed by atoms with Gasteiger partial charge in [-0.15, -0.1) is 0 Å². The minimum Gasteiger partial charge on any atom is -0.420 e. The fourth-order valence-corrected chi connectivity index (χ4v) is 2.19. The number of hydrogen-bond acceptors (Lipinski definition) is 2. The molecule has 3 aromatic rings. The topological polar surface area (TPSA) is 34.6 Å². The van der Waals surface area contributed by atoms with Crippen LogP contribution >= 0.6 is 15.9 Å². The van der Waals surface area contributed by atoms with Crippen LogP contribution in [0.3, 0.4) is 0 Å². The Hall–Kier alpha value is -1.81. The smallest absolute Gasteiger partial charge is 0.360 e. The number of benzene rings is 1. The highest BCUT2D eigenvalue weighted by atomic mass is 79.9. The molecule has 0 saturated heterocycles. The molecular weight excluding hydrogens is 282 g/mol. The minimum atomic E-state index is -0.336. The average Bonchev–Trinajstić information content (AvgIpc) is 2.71. The highest BCUT2D eigenvalue weighted by Gasteiger charge is 2.07. The maximum Gasteiger partial charge on any atom is 0.360 e. The number of nitrogens with zero attached hydrogens (tertiary/aromatic N) is 1. The number of aromatic nitrogens is 1. The van der Waals surface area contributed by atoms with Crippen LogP contribution in [-0.4, -0.2) is 4.40 Å². The van der Waals surface area contributed by atoms with Gasteiger partial charge in [0.2, 0.25) is 0 Å². The molecule has 2 aromatic heterocycles. The summed E-state index contributed by atoms with van der Waals surface area (Å²) < 4.78 is 7.91. The largest absolute Gasteiger partial charge is 0.420 e. The van der Waals surface area contributed by atoms with Crippen molar-refractivity contribution < 1.29 is 4.42 Å². The lowest BCUT2D eigenvalue weighted by atomic mass is 10.2. The van der Waals surface area contributed by atoms with Crippen LogP contribution in [-0.2, 0) is 0 Å². The summed E-state index contributed by atoms with van der Waals surface area (Å²) >= 11 is 3.34. The Morgan fingerprint density at radius 2 is 1.88 bits per heavy atom. The van der Waals surface area contributed by atoms with Crippen molar-refractivity contribution in [3.05, 3.63) is 63.7 Å². The SMILES string of the molecule is O=c1oc(-c2ccccc2)cn2cc(Br)cc12. The van der Waals surface area contributed by atoms with Gasteiger partial charge in [-0.25, -0.2) is 4.79 Å². The molecule has 0 N–H and O–H groups in total. The molecule has 4 heteroatoms. The molecule has 0 bridgehead atoms. The van der Waals surface area contributed by atoms with Crippen molar-refractivity contribution in [2.75, 3.05) is 0 Å². The Labute approximate surface area is 105 Å². The van der Waals surface area contributed by atoms with Crippen LogP contribution in [0.25, 0.3) is 16.8 Å². The zero-order valence-electron chi connectivity index (χ0n) is 8.76. The third kappa shape index (κ3) is 1.80. The molecule has 0 saturated carbocycles. The molecule has 0 atom stereocenters. The van der Waals surface area contributed by atoms with Gasteiger partial charge in [-0.3, -0.25) is 0 Å². The zero-order valence-corrected chi connectivity index (χ0v) is 10.3. The second-order valence-corrected chi connectivity index (χ2v) is 4.62. The first-order chi connectivity index (χ1) is 8.24. The molecular formula is C13H8BrNO2. The third-order valence-electron chi connectivity index (χ3n) is 2.54. The fourth-order valence-electron chi connectivity index (χ4n) is 1.76. The fraction of sp³-hybridized carbons (Fsp3) is 0. The summed E-state index contributed by atoms with van der Waals surface area (Å²) in [5.74, 6) is 0.561. The van der Waals surface area contributed by atoms with Crippen LogP contribution in [0.2, 0.25) is 0 Å². The molecule has 1 aromatic carbocycles. The first-order valence-electron chi connectivity index (χ1n) is 5.11. The predicted octanol–water partition coefficient (Wildman–Crippen LogP) is 3.32. The lowest BCUT2D eigenvalue weighted by molar-refractivity contribution is 0.525. The molecule has 0 aliphatic carbocycles. The second kappa shape index (κ2) is 3.89. The molecule has 3 rings (SSSR count). The number of halogens is 1. The van der Waals surface area contributed by atoms with E-state index in [-0.39, 0.29) is 5.63 Å². The highest BCUT2D eigenvalue weighted by Crippen LogP contribution is 2.20. The van der Waals surface area contributed by atoms with Gasteiger partial charge in [0.1, 0.15) is 5.52 Å². The van der Waals surface area contributed by atoms with E-state index in [2.05, 4.69) is 15.9 Å². The van der Waals surface area contributed by atoms with E-state index >= 15 is 0 Å². The van der Waals surface area contributed by atoms with Gasteiger partial charge in [-0.1, -0.05) is 30.3 Å². The molecule has 17 heavy (non-hydrogen) atoms. The molecule has 3 nitrogen and oxygen atoms in total. The van der Waals surface area contributed by atoms with Crippen LogP contribution in [0, 0.1) is 0 Å². The Morgan fingerprint density at radius 1 is 1.12 bits per heavy atom. The van der Waals surface area contributed by atoms with Crippen LogP contribution in [0.4, 0.5) is 0 Å². The molecule has 0 radical (unpaired) electrons. The standard InChI is InChI=1S/C13H8BrNO2/c14-10-6-11-13(16)17-12(8-15(11)7-10)9-4-2-1-3-5-9/h1-8H. The predicted molar refractivity (Wildman–Crippen MR) is 69.1 cm³/mol.